The Bertz CT molecular complexity index is 928. The Morgan fingerprint density at radius 3 is 2.41 bits per heavy atom. The van der Waals surface area contributed by atoms with Gasteiger partial charge in [-0.3, -0.25) is 10.1 Å². The van der Waals surface area contributed by atoms with Crippen LogP contribution in [0.1, 0.15) is 25.5 Å². The van der Waals surface area contributed by atoms with Crippen molar-refractivity contribution in [3.8, 4) is 0 Å². The Morgan fingerprint density at radius 2 is 1.72 bits per heavy atom. The fourth-order valence-corrected chi connectivity index (χ4v) is 4.66. The minimum Gasteiger partial charge on any atom is -0.379 e. The van der Waals surface area contributed by atoms with Gasteiger partial charge >= 0.3 is 0 Å². The van der Waals surface area contributed by atoms with Gasteiger partial charge in [0.05, 0.1) is 24.2 Å². The number of nitrogens with zero attached hydrogens (tertiary/aromatic N) is 1. The van der Waals surface area contributed by atoms with E-state index in [2.05, 4.69) is 10.6 Å². The highest BCUT2D eigenvalue weighted by atomic mass is 32.2. The van der Waals surface area contributed by atoms with E-state index in [1.165, 1.54) is 10.4 Å². The van der Waals surface area contributed by atoms with Crippen LogP contribution in [0.4, 0.5) is 5.69 Å². The van der Waals surface area contributed by atoms with Gasteiger partial charge in [-0.2, -0.15) is 4.31 Å². The van der Waals surface area contributed by atoms with Crippen molar-refractivity contribution < 1.29 is 17.9 Å². The van der Waals surface area contributed by atoms with E-state index in [1.54, 1.807) is 25.1 Å². The van der Waals surface area contributed by atoms with Crippen LogP contribution < -0.4 is 10.6 Å². The maximum absolute atomic E-state index is 12.8. The Hall–Kier alpha value is -2.26. The molecule has 1 fully saturated rings. The minimum atomic E-state index is -3.61. The van der Waals surface area contributed by atoms with Crippen molar-refractivity contribution in [3.63, 3.8) is 0 Å². The van der Waals surface area contributed by atoms with Crippen molar-refractivity contribution >= 4 is 21.6 Å². The zero-order valence-electron chi connectivity index (χ0n) is 16.7. The van der Waals surface area contributed by atoms with E-state index in [-0.39, 0.29) is 16.8 Å². The molecule has 0 bridgehead atoms. The lowest BCUT2D eigenvalue weighted by Gasteiger charge is -2.26. The first-order valence-electron chi connectivity index (χ1n) is 9.68. The second kappa shape index (κ2) is 9.49. The van der Waals surface area contributed by atoms with Crippen LogP contribution in [-0.4, -0.2) is 51.0 Å². The minimum absolute atomic E-state index is 0.00461. The topological polar surface area (TPSA) is 87.7 Å². The van der Waals surface area contributed by atoms with E-state index in [4.69, 9.17) is 4.74 Å². The lowest BCUT2D eigenvalue weighted by Crippen LogP contribution is -2.40. The molecule has 3 rings (SSSR count). The summed E-state index contributed by atoms with van der Waals surface area (Å²) in [5.41, 5.74) is 1.54. The number of hydrogen-bond donors (Lipinski definition) is 2. The SMILES string of the molecule is C[C@@H](N[C@H](C)c1ccccc1)C(=O)Nc1cccc(S(=O)(=O)N2CCOCC2)c1. The molecule has 1 heterocycles. The van der Waals surface area contributed by atoms with Crippen molar-refractivity contribution in [1.29, 1.82) is 0 Å². The summed E-state index contributed by atoms with van der Waals surface area (Å²) in [6.07, 6.45) is 0. The molecule has 1 aliphatic rings. The van der Waals surface area contributed by atoms with E-state index in [0.717, 1.165) is 5.56 Å². The van der Waals surface area contributed by atoms with Gasteiger partial charge in [0.15, 0.2) is 0 Å². The van der Waals surface area contributed by atoms with E-state index >= 15 is 0 Å². The lowest BCUT2D eigenvalue weighted by atomic mass is 10.1. The highest BCUT2D eigenvalue weighted by Crippen LogP contribution is 2.21. The molecule has 1 amide bonds. The fourth-order valence-electron chi connectivity index (χ4n) is 3.21. The van der Waals surface area contributed by atoms with Crippen LogP contribution in [-0.2, 0) is 19.6 Å². The summed E-state index contributed by atoms with van der Waals surface area (Å²) in [5, 5.41) is 6.07. The number of carbonyl (C=O) groups is 1. The number of hydrogen-bond acceptors (Lipinski definition) is 5. The number of anilines is 1. The molecule has 2 aromatic rings. The third-order valence-corrected chi connectivity index (χ3v) is 6.80. The average Bonchev–Trinajstić information content (AvgIpc) is 2.75. The molecule has 156 valence electrons. The summed E-state index contributed by atoms with van der Waals surface area (Å²) >= 11 is 0. The summed E-state index contributed by atoms with van der Waals surface area (Å²) in [7, 11) is -3.61. The van der Waals surface area contributed by atoms with E-state index in [0.29, 0.717) is 32.0 Å². The standard InChI is InChI=1S/C21H27N3O4S/c1-16(18-7-4-3-5-8-18)22-17(2)21(25)23-19-9-6-10-20(15-19)29(26,27)24-11-13-28-14-12-24/h3-10,15-17,22H,11-14H2,1-2H3,(H,23,25)/t16-,17-/m1/s1. The number of ether oxygens (including phenoxy) is 1. The molecule has 1 saturated heterocycles. The Labute approximate surface area is 172 Å². The highest BCUT2D eigenvalue weighted by Gasteiger charge is 2.26. The van der Waals surface area contributed by atoms with Gasteiger partial charge in [0.2, 0.25) is 15.9 Å². The maximum Gasteiger partial charge on any atom is 0.243 e. The monoisotopic (exact) mass is 417 g/mol. The molecule has 0 unspecified atom stereocenters. The van der Waals surface area contributed by atoms with Gasteiger partial charge in [0.25, 0.3) is 0 Å². The number of morpholine rings is 1. The van der Waals surface area contributed by atoms with Gasteiger partial charge in [-0.05, 0) is 37.6 Å². The predicted molar refractivity (Wildman–Crippen MR) is 112 cm³/mol. The highest BCUT2D eigenvalue weighted by molar-refractivity contribution is 7.89. The van der Waals surface area contributed by atoms with Crippen molar-refractivity contribution in [2.75, 3.05) is 31.6 Å². The Morgan fingerprint density at radius 1 is 1.03 bits per heavy atom. The Kier molecular flexibility index (Phi) is 7.02. The lowest BCUT2D eigenvalue weighted by molar-refractivity contribution is -0.117. The van der Waals surface area contributed by atoms with Crippen LogP contribution in [0.25, 0.3) is 0 Å². The molecule has 2 aromatic carbocycles. The third-order valence-electron chi connectivity index (χ3n) is 4.90. The van der Waals surface area contributed by atoms with Crippen LogP contribution >= 0.6 is 0 Å². The van der Waals surface area contributed by atoms with Crippen LogP contribution in [0.2, 0.25) is 0 Å². The normalized spacial score (nSPS) is 17.4. The second-order valence-corrected chi connectivity index (χ2v) is 8.99. The number of sulfonamides is 1. The van der Waals surface area contributed by atoms with Crippen LogP contribution in [0, 0.1) is 0 Å². The summed E-state index contributed by atoms with van der Waals surface area (Å²) in [6.45, 7) is 5.21. The molecule has 0 saturated carbocycles. The summed E-state index contributed by atoms with van der Waals surface area (Å²) < 4.78 is 32.2. The number of benzene rings is 2. The first-order chi connectivity index (χ1) is 13.9. The van der Waals surface area contributed by atoms with Crippen molar-refractivity contribution in [2.45, 2.75) is 30.8 Å². The van der Waals surface area contributed by atoms with Crippen molar-refractivity contribution in [3.05, 3.63) is 60.2 Å². The average molecular weight is 418 g/mol. The fraction of sp³-hybridized carbons (Fsp3) is 0.381. The van der Waals surface area contributed by atoms with Crippen LogP contribution in [0.3, 0.4) is 0 Å². The molecule has 1 aliphatic heterocycles. The van der Waals surface area contributed by atoms with Crippen LogP contribution in [0.15, 0.2) is 59.5 Å². The third kappa shape index (κ3) is 5.42. The quantitative estimate of drug-likeness (QED) is 0.722. The van der Waals surface area contributed by atoms with Gasteiger partial charge in [0.1, 0.15) is 0 Å². The van der Waals surface area contributed by atoms with Gasteiger partial charge < -0.3 is 10.1 Å². The van der Waals surface area contributed by atoms with Gasteiger partial charge in [0, 0.05) is 24.8 Å². The van der Waals surface area contributed by atoms with E-state index in [1.807, 2.05) is 37.3 Å². The summed E-state index contributed by atoms with van der Waals surface area (Å²) in [6, 6.07) is 15.8. The predicted octanol–water partition coefficient (Wildman–Crippen LogP) is 2.39. The van der Waals surface area contributed by atoms with Gasteiger partial charge in [-0.1, -0.05) is 36.4 Å². The van der Waals surface area contributed by atoms with Crippen molar-refractivity contribution in [1.82, 2.24) is 9.62 Å². The summed E-state index contributed by atoms with van der Waals surface area (Å²) in [5.74, 6) is -0.228. The first kappa shape index (κ1) is 21.4. The van der Waals surface area contributed by atoms with E-state index < -0.39 is 16.1 Å². The van der Waals surface area contributed by atoms with Gasteiger partial charge in [-0.25, -0.2) is 8.42 Å². The zero-order valence-corrected chi connectivity index (χ0v) is 17.5. The number of rotatable bonds is 7. The molecule has 8 heteroatoms. The molecular weight excluding hydrogens is 390 g/mol. The second-order valence-electron chi connectivity index (χ2n) is 7.05. The Balaban J connectivity index is 1.65. The zero-order chi connectivity index (χ0) is 20.9. The van der Waals surface area contributed by atoms with E-state index in [9.17, 15) is 13.2 Å². The molecular formula is C21H27N3O4S. The molecule has 0 spiro atoms. The molecule has 2 N–H and O–H groups in total. The smallest absolute Gasteiger partial charge is 0.243 e. The van der Waals surface area contributed by atoms with Gasteiger partial charge in [-0.15, -0.1) is 0 Å². The largest absolute Gasteiger partial charge is 0.379 e. The molecule has 0 aromatic heterocycles. The van der Waals surface area contributed by atoms with Crippen LogP contribution in [0.5, 0.6) is 0 Å². The summed E-state index contributed by atoms with van der Waals surface area (Å²) in [4.78, 5) is 12.8. The molecule has 7 nitrogen and oxygen atoms in total. The number of carbonyl (C=O) groups excluding carboxylic acids is 1. The molecule has 29 heavy (non-hydrogen) atoms. The molecule has 0 aliphatic carbocycles. The first-order valence-corrected chi connectivity index (χ1v) is 11.1. The maximum atomic E-state index is 12.8. The van der Waals surface area contributed by atoms with Crippen molar-refractivity contribution in [2.24, 2.45) is 0 Å². The number of amides is 1. The number of nitrogens with one attached hydrogen (secondary N) is 2. The molecule has 0 radical (unpaired) electrons. The molecule has 2 atom stereocenters.